The number of imidazole rings is 1. The molecule has 0 aliphatic heterocycles. The average molecular weight is 424 g/mol. The van der Waals surface area contributed by atoms with Gasteiger partial charge in [0.05, 0.1) is 0 Å². The van der Waals surface area contributed by atoms with Gasteiger partial charge in [0.25, 0.3) is 0 Å². The molecule has 1 amide bonds. The Kier molecular flexibility index (Phi) is 4.32. The number of amides is 1. The van der Waals surface area contributed by atoms with Crippen LogP contribution in [0.4, 0.5) is 36.7 Å². The molecule has 12 heteroatoms. The average Bonchev–Trinajstić information content (AvgIpc) is 2.89. The molecule has 2 fully saturated rings. The first-order valence-corrected chi connectivity index (χ1v) is 8.92. The van der Waals surface area contributed by atoms with Gasteiger partial charge in [-0.1, -0.05) is 0 Å². The minimum atomic E-state index is -4.67. The Balaban J connectivity index is 1.61. The molecule has 2 saturated carbocycles. The van der Waals surface area contributed by atoms with Gasteiger partial charge in [0.1, 0.15) is 11.2 Å². The fourth-order valence-corrected chi connectivity index (χ4v) is 3.55. The third kappa shape index (κ3) is 3.21. The molecule has 2 aliphatic rings. The Labute approximate surface area is 159 Å². The Morgan fingerprint density at radius 2 is 1.86 bits per heavy atom. The number of halogens is 7. The van der Waals surface area contributed by atoms with E-state index in [2.05, 4.69) is 15.3 Å². The van der Waals surface area contributed by atoms with Gasteiger partial charge in [0.2, 0.25) is 11.9 Å². The van der Waals surface area contributed by atoms with E-state index in [-0.39, 0.29) is 23.2 Å². The van der Waals surface area contributed by atoms with Crippen LogP contribution in [0, 0.1) is 5.92 Å². The van der Waals surface area contributed by atoms with Gasteiger partial charge in [-0.25, -0.2) is 9.97 Å². The number of hydrogen-bond donors (Lipinski definition) is 1. The van der Waals surface area contributed by atoms with Crippen LogP contribution in [0.5, 0.6) is 0 Å². The first-order valence-electron chi connectivity index (χ1n) is 8.92. The van der Waals surface area contributed by atoms with Crippen molar-refractivity contribution >= 4 is 23.0 Å². The first-order chi connectivity index (χ1) is 13.4. The molecule has 1 N–H and O–H groups in total. The second-order valence-corrected chi connectivity index (χ2v) is 7.41. The summed E-state index contributed by atoms with van der Waals surface area (Å²) in [7, 11) is 0. The molecule has 2 aliphatic carbocycles. The Morgan fingerprint density at radius 1 is 1.17 bits per heavy atom. The van der Waals surface area contributed by atoms with Crippen molar-refractivity contribution in [1.82, 2.24) is 14.5 Å². The van der Waals surface area contributed by atoms with E-state index in [0.717, 1.165) is 18.6 Å². The maximum atomic E-state index is 13.4. The Morgan fingerprint density at radius 3 is 2.38 bits per heavy atom. The Bertz CT molecular complexity index is 965. The van der Waals surface area contributed by atoms with Crippen LogP contribution in [0.2, 0.25) is 0 Å². The number of pyridine rings is 1. The van der Waals surface area contributed by atoms with Gasteiger partial charge in [-0.2, -0.15) is 30.7 Å². The predicted molar refractivity (Wildman–Crippen MR) is 86.7 cm³/mol. The highest BCUT2D eigenvalue weighted by atomic mass is 19.4. The number of rotatable bonds is 4. The largest absolute Gasteiger partial charge is 0.433 e. The summed E-state index contributed by atoms with van der Waals surface area (Å²) in [6, 6.07) is 1.61. The minimum absolute atomic E-state index is 0.0830. The van der Waals surface area contributed by atoms with E-state index >= 15 is 0 Å². The van der Waals surface area contributed by atoms with Gasteiger partial charge in [0.15, 0.2) is 5.65 Å². The predicted octanol–water partition coefficient (Wildman–Crippen LogP) is 4.79. The topological polar surface area (TPSA) is 59.8 Å². The van der Waals surface area contributed by atoms with Crippen LogP contribution in [0.15, 0.2) is 12.1 Å². The van der Waals surface area contributed by atoms with E-state index in [0.29, 0.717) is 12.8 Å². The minimum Gasteiger partial charge on any atom is -0.296 e. The van der Waals surface area contributed by atoms with Gasteiger partial charge in [-0.3, -0.25) is 14.7 Å². The van der Waals surface area contributed by atoms with Crippen molar-refractivity contribution in [2.24, 2.45) is 5.92 Å². The van der Waals surface area contributed by atoms with Crippen molar-refractivity contribution in [3.8, 4) is 0 Å². The smallest absolute Gasteiger partial charge is 0.296 e. The normalized spacial score (nSPS) is 23.5. The van der Waals surface area contributed by atoms with Gasteiger partial charge in [-0.15, -0.1) is 0 Å². The van der Waals surface area contributed by atoms with Crippen LogP contribution >= 0.6 is 0 Å². The number of fused-ring (bicyclic) bond motifs is 1. The van der Waals surface area contributed by atoms with Gasteiger partial charge >= 0.3 is 18.0 Å². The van der Waals surface area contributed by atoms with E-state index in [1.807, 2.05) is 0 Å². The second kappa shape index (κ2) is 6.30. The third-order valence-electron chi connectivity index (χ3n) is 5.45. The van der Waals surface area contributed by atoms with Crippen molar-refractivity contribution in [3.63, 3.8) is 0 Å². The number of aromatic nitrogens is 3. The highest BCUT2D eigenvalue weighted by molar-refractivity contribution is 5.91. The molecule has 1 atom stereocenters. The van der Waals surface area contributed by atoms with Crippen LogP contribution in [0.3, 0.4) is 0 Å². The van der Waals surface area contributed by atoms with Crippen molar-refractivity contribution in [1.29, 1.82) is 0 Å². The quantitative estimate of drug-likeness (QED) is 0.718. The van der Waals surface area contributed by atoms with E-state index < -0.39 is 48.4 Å². The molecule has 0 aromatic carbocycles. The molecule has 0 radical (unpaired) electrons. The van der Waals surface area contributed by atoms with Gasteiger partial charge < -0.3 is 0 Å². The van der Waals surface area contributed by atoms with Gasteiger partial charge in [0, 0.05) is 24.8 Å². The summed E-state index contributed by atoms with van der Waals surface area (Å²) in [5.41, 5.74) is -1.11. The van der Waals surface area contributed by atoms with Crippen LogP contribution in [0.1, 0.15) is 43.8 Å². The fraction of sp³-hybridized carbons (Fsp3) is 0.588. The molecule has 0 bridgehead atoms. The maximum Gasteiger partial charge on any atom is 0.433 e. The lowest BCUT2D eigenvalue weighted by Crippen LogP contribution is -2.59. The van der Waals surface area contributed by atoms with Crippen LogP contribution < -0.4 is 5.32 Å². The number of carbonyl (C=O) groups excluding carboxylic acids is 1. The SMILES string of the molecule is O=C(CC1CC(F)(F)C1(F)F)Nc1nc2ccc(C(F)(F)F)nc2n1C1CCC1. The van der Waals surface area contributed by atoms with Gasteiger partial charge in [-0.05, 0) is 31.4 Å². The third-order valence-corrected chi connectivity index (χ3v) is 5.45. The molecule has 0 saturated heterocycles. The summed E-state index contributed by atoms with van der Waals surface area (Å²) in [6.45, 7) is 0. The number of carbonyl (C=O) groups is 1. The van der Waals surface area contributed by atoms with Crippen molar-refractivity contribution in [2.45, 2.75) is 56.2 Å². The molecular weight excluding hydrogens is 409 g/mol. The number of anilines is 1. The van der Waals surface area contributed by atoms with E-state index in [1.165, 1.54) is 4.57 Å². The molecule has 29 heavy (non-hydrogen) atoms. The summed E-state index contributed by atoms with van der Waals surface area (Å²) in [5, 5.41) is 2.28. The lowest BCUT2D eigenvalue weighted by atomic mass is 9.74. The van der Waals surface area contributed by atoms with Crippen molar-refractivity contribution in [3.05, 3.63) is 17.8 Å². The summed E-state index contributed by atoms with van der Waals surface area (Å²) in [6.07, 6.45) is -4.56. The van der Waals surface area contributed by atoms with Crippen LogP contribution in [-0.2, 0) is 11.0 Å². The molecule has 2 aromatic heterocycles. The van der Waals surface area contributed by atoms with Crippen LogP contribution in [0.25, 0.3) is 11.2 Å². The zero-order valence-electron chi connectivity index (χ0n) is 14.7. The maximum absolute atomic E-state index is 13.4. The van der Waals surface area contributed by atoms with Crippen molar-refractivity contribution < 1.29 is 35.5 Å². The first kappa shape index (κ1) is 19.9. The molecular formula is C17H15F7N4O. The lowest BCUT2D eigenvalue weighted by Gasteiger charge is -2.43. The highest BCUT2D eigenvalue weighted by Gasteiger charge is 2.71. The van der Waals surface area contributed by atoms with E-state index in [9.17, 15) is 35.5 Å². The van der Waals surface area contributed by atoms with Crippen molar-refractivity contribution in [2.75, 3.05) is 5.32 Å². The summed E-state index contributed by atoms with van der Waals surface area (Å²) >= 11 is 0. The lowest BCUT2D eigenvalue weighted by molar-refractivity contribution is -0.313. The molecule has 5 nitrogen and oxygen atoms in total. The molecule has 2 heterocycles. The number of nitrogens with zero attached hydrogens (tertiary/aromatic N) is 3. The fourth-order valence-electron chi connectivity index (χ4n) is 3.55. The molecule has 1 unspecified atom stereocenters. The van der Waals surface area contributed by atoms with Crippen LogP contribution in [-0.4, -0.2) is 32.3 Å². The number of alkyl halides is 7. The molecule has 2 aromatic rings. The number of nitrogens with one attached hydrogen (secondary N) is 1. The highest BCUT2D eigenvalue weighted by Crippen LogP contribution is 2.56. The Hall–Kier alpha value is -2.40. The molecule has 0 spiro atoms. The zero-order valence-corrected chi connectivity index (χ0v) is 14.7. The summed E-state index contributed by atoms with van der Waals surface area (Å²) in [4.78, 5) is 19.8. The molecule has 158 valence electrons. The summed E-state index contributed by atoms with van der Waals surface area (Å²) < 4.78 is 93.0. The van der Waals surface area contributed by atoms with E-state index in [4.69, 9.17) is 0 Å². The number of hydrogen-bond acceptors (Lipinski definition) is 3. The second-order valence-electron chi connectivity index (χ2n) is 7.41. The summed E-state index contributed by atoms with van der Waals surface area (Å²) in [5.74, 6) is -11.3. The molecule has 4 rings (SSSR count). The monoisotopic (exact) mass is 424 g/mol. The zero-order chi connectivity index (χ0) is 21.2. The standard InChI is InChI=1S/C17H15F7N4O/c18-15(19)7-8(16(15,20)21)6-12(29)27-14-25-10-4-5-11(17(22,23)24)26-13(10)28(14)9-2-1-3-9/h4-5,8-9H,1-3,6-7H2,(H,25,27,29). The van der Waals surface area contributed by atoms with E-state index in [1.54, 1.807) is 0 Å².